The Labute approximate surface area is 124 Å². The van der Waals surface area contributed by atoms with Crippen molar-refractivity contribution in [2.45, 2.75) is 32.7 Å². The van der Waals surface area contributed by atoms with Gasteiger partial charge in [-0.2, -0.15) is 0 Å². The van der Waals surface area contributed by atoms with Gasteiger partial charge in [0.1, 0.15) is 18.0 Å². The highest BCUT2D eigenvalue weighted by atomic mass is 35.5. The molecular formula is C15H19ClN4. The molecule has 20 heavy (non-hydrogen) atoms. The summed E-state index contributed by atoms with van der Waals surface area (Å²) in [6, 6.07) is 7.86. The summed E-state index contributed by atoms with van der Waals surface area (Å²) in [7, 11) is 0. The first-order valence-electron chi connectivity index (χ1n) is 6.61. The summed E-state index contributed by atoms with van der Waals surface area (Å²) >= 11 is 6.03. The van der Waals surface area contributed by atoms with Gasteiger partial charge in [0, 0.05) is 10.6 Å². The van der Waals surface area contributed by atoms with E-state index >= 15 is 0 Å². The van der Waals surface area contributed by atoms with Gasteiger partial charge in [-0.15, -0.1) is 0 Å². The summed E-state index contributed by atoms with van der Waals surface area (Å²) in [5.41, 5.74) is 8.00. The first-order chi connectivity index (χ1) is 9.49. The van der Waals surface area contributed by atoms with E-state index in [0.29, 0.717) is 5.82 Å². The zero-order chi connectivity index (χ0) is 14.7. The average Bonchev–Trinajstić information content (AvgIpc) is 2.38. The van der Waals surface area contributed by atoms with Crippen molar-refractivity contribution in [2.75, 3.05) is 11.1 Å². The second-order valence-corrected chi connectivity index (χ2v) is 5.53. The minimum Gasteiger partial charge on any atom is -0.383 e. The Morgan fingerprint density at radius 1 is 1.20 bits per heavy atom. The quantitative estimate of drug-likeness (QED) is 0.893. The van der Waals surface area contributed by atoms with E-state index in [0.717, 1.165) is 22.0 Å². The predicted molar refractivity (Wildman–Crippen MR) is 84.0 cm³/mol. The van der Waals surface area contributed by atoms with Crippen LogP contribution < -0.4 is 11.1 Å². The fourth-order valence-corrected chi connectivity index (χ4v) is 2.36. The van der Waals surface area contributed by atoms with Crippen molar-refractivity contribution in [2.24, 2.45) is 0 Å². The molecule has 0 aliphatic rings. The van der Waals surface area contributed by atoms with Crippen molar-refractivity contribution in [1.82, 2.24) is 9.97 Å². The monoisotopic (exact) mass is 290 g/mol. The fourth-order valence-electron chi connectivity index (χ4n) is 2.16. The largest absolute Gasteiger partial charge is 0.383 e. The molecule has 0 aliphatic heterocycles. The number of rotatable bonds is 4. The topological polar surface area (TPSA) is 63.8 Å². The van der Waals surface area contributed by atoms with Gasteiger partial charge in [-0.25, -0.2) is 9.97 Å². The van der Waals surface area contributed by atoms with Crippen LogP contribution in [0.4, 0.5) is 11.6 Å². The standard InChI is InChI=1S/C15H19ClN4/c1-9(2)13-14(17)18-8-19-15(13)20-10(3)11-5-4-6-12(16)7-11/h4-10H,1-3H3,(H3,17,18,19,20). The van der Waals surface area contributed by atoms with E-state index < -0.39 is 0 Å². The Hall–Kier alpha value is -1.81. The van der Waals surface area contributed by atoms with Crippen LogP contribution in [0.3, 0.4) is 0 Å². The van der Waals surface area contributed by atoms with E-state index in [1.54, 1.807) is 0 Å². The van der Waals surface area contributed by atoms with E-state index in [1.807, 2.05) is 24.3 Å². The Morgan fingerprint density at radius 2 is 1.95 bits per heavy atom. The van der Waals surface area contributed by atoms with Crippen molar-refractivity contribution >= 4 is 23.2 Å². The zero-order valence-electron chi connectivity index (χ0n) is 11.9. The molecule has 0 radical (unpaired) electrons. The predicted octanol–water partition coefficient (Wildman–Crippen LogP) is 4.01. The molecule has 106 valence electrons. The maximum absolute atomic E-state index is 6.03. The number of hydrogen-bond donors (Lipinski definition) is 2. The highest BCUT2D eigenvalue weighted by molar-refractivity contribution is 6.30. The molecule has 2 rings (SSSR count). The molecule has 3 N–H and O–H groups in total. The summed E-state index contributed by atoms with van der Waals surface area (Å²) in [4.78, 5) is 8.37. The van der Waals surface area contributed by atoms with Crippen molar-refractivity contribution in [1.29, 1.82) is 0 Å². The summed E-state index contributed by atoms with van der Waals surface area (Å²) in [5.74, 6) is 1.56. The van der Waals surface area contributed by atoms with Crippen LogP contribution in [0.1, 0.15) is 43.9 Å². The second-order valence-electron chi connectivity index (χ2n) is 5.10. The molecule has 0 amide bonds. The number of benzene rings is 1. The summed E-state index contributed by atoms with van der Waals surface area (Å²) in [6.07, 6.45) is 1.48. The smallest absolute Gasteiger partial charge is 0.135 e. The van der Waals surface area contributed by atoms with E-state index in [2.05, 4.69) is 36.1 Å². The Morgan fingerprint density at radius 3 is 2.60 bits per heavy atom. The number of nitrogens with zero attached hydrogens (tertiary/aromatic N) is 2. The van der Waals surface area contributed by atoms with Crippen molar-refractivity contribution < 1.29 is 0 Å². The van der Waals surface area contributed by atoms with Crippen molar-refractivity contribution in [3.05, 3.63) is 46.7 Å². The Kier molecular flexibility index (Phi) is 4.45. The molecule has 5 heteroatoms. The van der Waals surface area contributed by atoms with E-state index in [9.17, 15) is 0 Å². The summed E-state index contributed by atoms with van der Waals surface area (Å²) in [5, 5.41) is 4.11. The number of nitrogens with two attached hydrogens (primary N) is 1. The highest BCUT2D eigenvalue weighted by Gasteiger charge is 2.15. The van der Waals surface area contributed by atoms with Crippen LogP contribution in [0.15, 0.2) is 30.6 Å². The molecule has 1 heterocycles. The normalized spacial score (nSPS) is 12.4. The zero-order valence-corrected chi connectivity index (χ0v) is 12.6. The molecule has 0 saturated carbocycles. The van der Waals surface area contributed by atoms with Crippen LogP contribution in [-0.4, -0.2) is 9.97 Å². The molecule has 0 fully saturated rings. The van der Waals surface area contributed by atoms with Crippen LogP contribution >= 0.6 is 11.6 Å². The van der Waals surface area contributed by atoms with Gasteiger partial charge in [0.05, 0.1) is 6.04 Å². The van der Waals surface area contributed by atoms with Gasteiger partial charge in [0.2, 0.25) is 0 Å². The highest BCUT2D eigenvalue weighted by Crippen LogP contribution is 2.29. The third-order valence-corrected chi connectivity index (χ3v) is 3.43. The number of nitrogens with one attached hydrogen (secondary N) is 1. The molecule has 1 atom stereocenters. The molecule has 4 nitrogen and oxygen atoms in total. The molecule has 0 spiro atoms. The number of anilines is 2. The van der Waals surface area contributed by atoms with Gasteiger partial charge in [0.15, 0.2) is 0 Å². The van der Waals surface area contributed by atoms with E-state index in [4.69, 9.17) is 17.3 Å². The minimum atomic E-state index is 0.0838. The first-order valence-corrected chi connectivity index (χ1v) is 6.99. The number of hydrogen-bond acceptors (Lipinski definition) is 4. The van der Waals surface area contributed by atoms with Crippen LogP contribution in [0.5, 0.6) is 0 Å². The lowest BCUT2D eigenvalue weighted by atomic mass is 10.0. The van der Waals surface area contributed by atoms with Crippen molar-refractivity contribution in [3.8, 4) is 0 Å². The third kappa shape index (κ3) is 3.20. The average molecular weight is 291 g/mol. The summed E-state index contributed by atoms with van der Waals surface area (Å²) < 4.78 is 0. The maximum atomic E-state index is 6.03. The Bertz CT molecular complexity index is 598. The molecule has 0 saturated heterocycles. The lowest BCUT2D eigenvalue weighted by Crippen LogP contribution is -2.13. The van der Waals surface area contributed by atoms with Crippen LogP contribution in [0, 0.1) is 0 Å². The third-order valence-electron chi connectivity index (χ3n) is 3.19. The summed E-state index contributed by atoms with van der Waals surface area (Å²) in [6.45, 7) is 6.21. The lowest BCUT2D eigenvalue weighted by molar-refractivity contribution is 0.822. The number of halogens is 1. The molecule has 2 aromatic rings. The van der Waals surface area contributed by atoms with Crippen LogP contribution in [0.25, 0.3) is 0 Å². The molecule has 0 aliphatic carbocycles. The molecule has 1 unspecified atom stereocenters. The van der Waals surface area contributed by atoms with Crippen molar-refractivity contribution in [3.63, 3.8) is 0 Å². The van der Waals surface area contributed by atoms with Gasteiger partial charge in [-0.1, -0.05) is 37.6 Å². The van der Waals surface area contributed by atoms with Gasteiger partial charge in [0.25, 0.3) is 0 Å². The van der Waals surface area contributed by atoms with Crippen LogP contribution in [-0.2, 0) is 0 Å². The van der Waals surface area contributed by atoms with Gasteiger partial charge >= 0.3 is 0 Å². The van der Waals surface area contributed by atoms with E-state index in [1.165, 1.54) is 6.33 Å². The molecule has 1 aromatic heterocycles. The molecule has 0 bridgehead atoms. The molecule has 1 aromatic carbocycles. The fraction of sp³-hybridized carbons (Fsp3) is 0.333. The molecular weight excluding hydrogens is 272 g/mol. The SMILES string of the molecule is CC(C)c1c(N)ncnc1NC(C)c1cccc(Cl)c1. The van der Waals surface area contributed by atoms with Gasteiger partial charge < -0.3 is 11.1 Å². The Balaban J connectivity index is 2.28. The second kappa shape index (κ2) is 6.09. The van der Waals surface area contributed by atoms with Gasteiger partial charge in [-0.05, 0) is 30.5 Å². The van der Waals surface area contributed by atoms with Crippen LogP contribution in [0.2, 0.25) is 5.02 Å². The first kappa shape index (κ1) is 14.6. The maximum Gasteiger partial charge on any atom is 0.135 e. The minimum absolute atomic E-state index is 0.0838. The van der Waals surface area contributed by atoms with Gasteiger partial charge in [-0.3, -0.25) is 0 Å². The lowest BCUT2D eigenvalue weighted by Gasteiger charge is -2.19. The van der Waals surface area contributed by atoms with E-state index in [-0.39, 0.29) is 12.0 Å². The number of aromatic nitrogens is 2. The number of nitrogen functional groups attached to an aromatic ring is 1.